The van der Waals surface area contributed by atoms with Gasteiger partial charge in [0.2, 0.25) is 5.91 Å². The molecule has 2 N–H and O–H groups in total. The third-order valence-corrected chi connectivity index (χ3v) is 4.52. The molecule has 1 fully saturated rings. The molecule has 0 bridgehead atoms. The number of anilines is 1. The first-order valence-corrected chi connectivity index (χ1v) is 8.01. The van der Waals surface area contributed by atoms with Crippen molar-refractivity contribution in [2.45, 2.75) is 19.4 Å². The predicted molar refractivity (Wildman–Crippen MR) is 95.0 cm³/mol. The minimum atomic E-state index is -0.567. The van der Waals surface area contributed by atoms with Crippen molar-refractivity contribution < 1.29 is 14.4 Å². The Balaban J connectivity index is 0.00000225. The summed E-state index contributed by atoms with van der Waals surface area (Å²) in [6.07, 6.45) is 2.24. The van der Waals surface area contributed by atoms with Gasteiger partial charge in [0.1, 0.15) is 11.5 Å². The molecule has 0 unspecified atom stereocenters. The van der Waals surface area contributed by atoms with E-state index in [1.807, 2.05) is 18.0 Å². The van der Waals surface area contributed by atoms with Gasteiger partial charge >= 0.3 is 6.03 Å². The van der Waals surface area contributed by atoms with E-state index in [1.54, 1.807) is 4.90 Å². The molecule has 0 aliphatic carbocycles. The molecule has 3 rings (SSSR count). The molecule has 2 aliphatic rings. The number of halogens is 1. The maximum atomic E-state index is 12.1. The van der Waals surface area contributed by atoms with Crippen molar-refractivity contribution in [2.24, 2.45) is 5.73 Å². The second kappa shape index (κ2) is 7.79. The number of nitrogens with zero attached hydrogens (tertiary/aromatic N) is 4. The van der Waals surface area contributed by atoms with Gasteiger partial charge in [0.15, 0.2) is 6.29 Å². The first kappa shape index (κ1) is 19.1. The fraction of sp³-hybridized carbons (Fsp3) is 0.500. The SMILES string of the molecule is CN1CCN(Cc2cc3c(nc2C=O)N(C(N)=O)CCC3)C(=O)C1.Cl. The number of aromatic nitrogens is 1. The van der Waals surface area contributed by atoms with Gasteiger partial charge in [0.05, 0.1) is 6.54 Å². The number of aldehydes is 1. The van der Waals surface area contributed by atoms with Crippen LogP contribution in [0.25, 0.3) is 0 Å². The summed E-state index contributed by atoms with van der Waals surface area (Å²) in [5, 5.41) is 0. The van der Waals surface area contributed by atoms with E-state index in [4.69, 9.17) is 5.73 Å². The summed E-state index contributed by atoms with van der Waals surface area (Å²) in [6, 6.07) is 1.31. The second-order valence-electron chi connectivity index (χ2n) is 6.28. The van der Waals surface area contributed by atoms with E-state index in [-0.39, 0.29) is 24.0 Å². The maximum Gasteiger partial charge on any atom is 0.320 e. The number of hydrogen-bond acceptors (Lipinski definition) is 5. The lowest BCUT2D eigenvalue weighted by Crippen LogP contribution is -2.48. The molecule has 1 aromatic rings. The number of rotatable bonds is 3. The van der Waals surface area contributed by atoms with Crippen LogP contribution in [-0.4, -0.2) is 66.2 Å². The number of hydrogen-bond donors (Lipinski definition) is 1. The van der Waals surface area contributed by atoms with Crippen molar-refractivity contribution in [3.8, 4) is 0 Å². The number of fused-ring (bicyclic) bond motifs is 1. The lowest BCUT2D eigenvalue weighted by atomic mass is 10.0. The van der Waals surface area contributed by atoms with Crippen LogP contribution in [0.4, 0.5) is 10.6 Å². The Bertz CT molecular complexity index is 697. The van der Waals surface area contributed by atoms with Crippen molar-refractivity contribution in [3.63, 3.8) is 0 Å². The van der Waals surface area contributed by atoms with Crippen LogP contribution in [-0.2, 0) is 17.8 Å². The van der Waals surface area contributed by atoms with Crippen LogP contribution in [0.1, 0.15) is 28.0 Å². The molecule has 8 nitrogen and oxygen atoms in total. The molecule has 0 atom stereocenters. The Hall–Kier alpha value is -2.19. The number of amides is 3. The average Bonchev–Trinajstić information content (AvgIpc) is 2.56. The highest BCUT2D eigenvalue weighted by Gasteiger charge is 2.26. The van der Waals surface area contributed by atoms with Gasteiger partial charge in [0.25, 0.3) is 0 Å². The summed E-state index contributed by atoms with van der Waals surface area (Å²) >= 11 is 0. The van der Waals surface area contributed by atoms with Crippen LogP contribution in [0.5, 0.6) is 0 Å². The van der Waals surface area contributed by atoms with E-state index < -0.39 is 6.03 Å². The average molecular weight is 368 g/mol. The van der Waals surface area contributed by atoms with Crippen LogP contribution in [0, 0.1) is 0 Å². The molecular weight excluding hydrogens is 346 g/mol. The Morgan fingerprint density at radius 3 is 2.76 bits per heavy atom. The fourth-order valence-corrected chi connectivity index (χ4v) is 3.20. The summed E-state index contributed by atoms with van der Waals surface area (Å²) in [5.74, 6) is 0.501. The summed E-state index contributed by atoms with van der Waals surface area (Å²) in [4.78, 5) is 44.6. The number of carbonyl (C=O) groups is 3. The largest absolute Gasteiger partial charge is 0.351 e. The van der Waals surface area contributed by atoms with Gasteiger partial charge in [-0.15, -0.1) is 12.4 Å². The zero-order valence-electron chi connectivity index (χ0n) is 14.1. The number of nitrogens with two attached hydrogens (primary N) is 1. The van der Waals surface area contributed by atoms with Gasteiger partial charge < -0.3 is 10.6 Å². The molecule has 3 heterocycles. The first-order chi connectivity index (χ1) is 11.5. The highest BCUT2D eigenvalue weighted by molar-refractivity contribution is 5.91. The van der Waals surface area contributed by atoms with Gasteiger partial charge in [-0.1, -0.05) is 0 Å². The van der Waals surface area contributed by atoms with Crippen molar-refractivity contribution in [2.75, 3.05) is 38.1 Å². The van der Waals surface area contributed by atoms with Gasteiger partial charge in [-0.2, -0.15) is 0 Å². The van der Waals surface area contributed by atoms with Crippen LogP contribution in [0.15, 0.2) is 6.07 Å². The van der Waals surface area contributed by atoms with Crippen molar-refractivity contribution in [1.82, 2.24) is 14.8 Å². The minimum absolute atomic E-state index is 0. The number of likely N-dealkylation sites (N-methyl/N-ethyl adjacent to an activating group) is 1. The lowest BCUT2D eigenvalue weighted by molar-refractivity contribution is -0.136. The Morgan fingerprint density at radius 2 is 2.12 bits per heavy atom. The molecule has 25 heavy (non-hydrogen) atoms. The fourth-order valence-electron chi connectivity index (χ4n) is 3.20. The van der Waals surface area contributed by atoms with Crippen LogP contribution in [0.3, 0.4) is 0 Å². The van der Waals surface area contributed by atoms with E-state index in [1.165, 1.54) is 4.90 Å². The third kappa shape index (κ3) is 3.91. The Labute approximate surface area is 152 Å². The van der Waals surface area contributed by atoms with E-state index in [9.17, 15) is 14.4 Å². The molecule has 1 saturated heterocycles. The number of piperazine rings is 1. The minimum Gasteiger partial charge on any atom is -0.351 e. The topological polar surface area (TPSA) is 99.8 Å². The van der Waals surface area contributed by atoms with Gasteiger partial charge in [-0.3, -0.25) is 19.4 Å². The maximum absolute atomic E-state index is 12.1. The summed E-state index contributed by atoms with van der Waals surface area (Å²) in [7, 11) is 1.91. The van der Waals surface area contributed by atoms with Gasteiger partial charge in [-0.05, 0) is 31.5 Å². The van der Waals surface area contributed by atoms with E-state index >= 15 is 0 Å². The molecule has 3 amide bonds. The zero-order valence-corrected chi connectivity index (χ0v) is 14.9. The number of urea groups is 1. The predicted octanol–water partition coefficient (Wildman–Crippen LogP) is 0.421. The number of aryl methyl sites for hydroxylation is 1. The molecule has 2 aliphatic heterocycles. The highest BCUT2D eigenvalue weighted by atomic mass is 35.5. The number of primary amides is 1. The van der Waals surface area contributed by atoms with Gasteiger partial charge in [-0.25, -0.2) is 9.78 Å². The third-order valence-electron chi connectivity index (χ3n) is 4.52. The van der Waals surface area contributed by atoms with E-state index in [0.717, 1.165) is 24.9 Å². The van der Waals surface area contributed by atoms with Crippen LogP contribution >= 0.6 is 12.4 Å². The monoisotopic (exact) mass is 367 g/mol. The Kier molecular flexibility index (Phi) is 5.97. The molecule has 9 heteroatoms. The molecule has 0 spiro atoms. The molecule has 0 radical (unpaired) electrons. The second-order valence-corrected chi connectivity index (χ2v) is 6.28. The molecule has 136 valence electrons. The smallest absolute Gasteiger partial charge is 0.320 e. The normalized spacial score (nSPS) is 17.7. The van der Waals surface area contributed by atoms with Crippen molar-refractivity contribution in [1.29, 1.82) is 0 Å². The first-order valence-electron chi connectivity index (χ1n) is 8.01. The summed E-state index contributed by atoms with van der Waals surface area (Å²) in [5.41, 5.74) is 7.26. The molecule has 0 aromatic carbocycles. The van der Waals surface area contributed by atoms with E-state index in [2.05, 4.69) is 4.98 Å². The highest BCUT2D eigenvalue weighted by Crippen LogP contribution is 2.27. The van der Waals surface area contributed by atoms with E-state index in [0.29, 0.717) is 43.8 Å². The lowest BCUT2D eigenvalue weighted by Gasteiger charge is -2.33. The van der Waals surface area contributed by atoms with Crippen molar-refractivity contribution in [3.05, 3.63) is 22.9 Å². The van der Waals surface area contributed by atoms with Crippen molar-refractivity contribution >= 4 is 36.4 Å². The molecule has 0 saturated carbocycles. The zero-order chi connectivity index (χ0) is 17.3. The van der Waals surface area contributed by atoms with Gasteiger partial charge in [0, 0.05) is 31.7 Å². The molecular formula is C16H22ClN5O3. The standard InChI is InChI=1S/C16H21N5O3.ClH/c1-19-5-6-20(14(23)9-19)8-12-7-11-3-2-4-21(16(17)24)15(11)18-13(12)10-22;/h7,10H,2-6,8-9H2,1H3,(H2,17,24);1H. The number of pyridine rings is 1. The van der Waals surface area contributed by atoms with Crippen LogP contribution < -0.4 is 10.6 Å². The Morgan fingerprint density at radius 1 is 1.36 bits per heavy atom. The molecule has 1 aromatic heterocycles. The quantitative estimate of drug-likeness (QED) is 0.780. The summed E-state index contributed by atoms with van der Waals surface area (Å²) in [6.45, 7) is 2.67. The van der Waals surface area contributed by atoms with Crippen LogP contribution in [0.2, 0.25) is 0 Å². The summed E-state index contributed by atoms with van der Waals surface area (Å²) < 4.78 is 0. The number of carbonyl (C=O) groups excluding carboxylic acids is 3.